The Bertz CT molecular complexity index is 1100. The molecule has 6 nitrogen and oxygen atoms in total. The Balaban J connectivity index is 2.03. The molecule has 3 aromatic rings. The molecule has 3 rings (SSSR count). The molecule has 0 fully saturated rings. The molecule has 0 bridgehead atoms. The number of hydrogen-bond donors (Lipinski definition) is 1. The highest BCUT2D eigenvalue weighted by molar-refractivity contribution is 7.93. The minimum Gasteiger partial charge on any atom is -0.494 e. The number of carbonyl (C=O) groups is 1. The molecule has 0 atom stereocenters. The van der Waals surface area contributed by atoms with Crippen LogP contribution in [-0.2, 0) is 14.8 Å². The van der Waals surface area contributed by atoms with Crippen molar-refractivity contribution in [3.63, 3.8) is 0 Å². The number of esters is 1. The highest BCUT2D eigenvalue weighted by Gasteiger charge is 2.27. The molecule has 0 unspecified atom stereocenters. The number of hydrogen-bond acceptors (Lipinski definition) is 6. The van der Waals surface area contributed by atoms with Gasteiger partial charge in [-0.25, -0.2) is 13.2 Å². The highest BCUT2D eigenvalue weighted by Crippen LogP contribution is 2.41. The number of methoxy groups -OCH3 is 1. The maximum absolute atomic E-state index is 12.9. The van der Waals surface area contributed by atoms with Crippen molar-refractivity contribution in [3.05, 3.63) is 65.0 Å². The van der Waals surface area contributed by atoms with Gasteiger partial charge in [0.1, 0.15) is 16.3 Å². The molecule has 0 amide bonds. The molecule has 1 aromatic heterocycles. The van der Waals surface area contributed by atoms with Gasteiger partial charge in [0, 0.05) is 10.4 Å². The lowest BCUT2D eigenvalue weighted by molar-refractivity contribution is 0.0603. The molecule has 0 aliphatic heterocycles. The van der Waals surface area contributed by atoms with Crippen LogP contribution in [0, 0.1) is 6.92 Å². The molecule has 1 N–H and O–H groups in total. The molecule has 0 saturated carbocycles. The zero-order valence-corrected chi connectivity index (χ0v) is 17.9. The molecule has 0 aliphatic carbocycles. The molecule has 8 heteroatoms. The first-order chi connectivity index (χ1) is 13.9. The van der Waals surface area contributed by atoms with Gasteiger partial charge in [-0.2, -0.15) is 0 Å². The molecule has 1 heterocycles. The van der Waals surface area contributed by atoms with Crippen LogP contribution < -0.4 is 9.46 Å². The summed E-state index contributed by atoms with van der Waals surface area (Å²) < 4.78 is 38.6. The van der Waals surface area contributed by atoms with Gasteiger partial charge in [0.15, 0.2) is 0 Å². The van der Waals surface area contributed by atoms with Gasteiger partial charge in [0.2, 0.25) is 0 Å². The minimum absolute atomic E-state index is 0.0732. The topological polar surface area (TPSA) is 81.7 Å². The Morgan fingerprint density at radius 3 is 2.31 bits per heavy atom. The van der Waals surface area contributed by atoms with Crippen LogP contribution in [0.4, 0.5) is 5.00 Å². The number of carbonyl (C=O) groups excluding carboxylic acids is 1. The van der Waals surface area contributed by atoms with Crippen molar-refractivity contribution in [1.82, 2.24) is 0 Å². The standard InChI is InChI=1S/C21H21NO5S2/c1-4-27-16-10-12-17(13-11-16)29(24,25)22-20-19(21(23)26-3)18(14(2)28-20)15-8-6-5-7-9-15/h5-13,22H,4H2,1-3H3. The fraction of sp³-hybridized carbons (Fsp3) is 0.190. The summed E-state index contributed by atoms with van der Waals surface area (Å²) >= 11 is 1.20. The molecular formula is C21H21NO5S2. The Labute approximate surface area is 174 Å². The number of benzene rings is 2. The summed E-state index contributed by atoms with van der Waals surface area (Å²) in [6.07, 6.45) is 0. The van der Waals surface area contributed by atoms with Crippen molar-refractivity contribution < 1.29 is 22.7 Å². The predicted octanol–water partition coefficient (Wildman–Crippen LogP) is 4.71. The summed E-state index contributed by atoms with van der Waals surface area (Å²) in [6.45, 7) is 4.18. The Hall–Kier alpha value is -2.84. The van der Waals surface area contributed by atoms with E-state index in [1.54, 1.807) is 12.1 Å². The Morgan fingerprint density at radius 1 is 1.07 bits per heavy atom. The van der Waals surface area contributed by atoms with E-state index in [4.69, 9.17) is 9.47 Å². The SMILES string of the molecule is CCOc1ccc(S(=O)(=O)Nc2sc(C)c(-c3ccccc3)c2C(=O)OC)cc1. The van der Waals surface area contributed by atoms with Crippen LogP contribution in [0.3, 0.4) is 0 Å². The number of aryl methyl sites for hydroxylation is 1. The molecule has 0 saturated heterocycles. The van der Waals surface area contributed by atoms with E-state index in [-0.39, 0.29) is 15.5 Å². The first kappa shape index (κ1) is 20.9. The third kappa shape index (κ3) is 4.44. The van der Waals surface area contributed by atoms with E-state index in [9.17, 15) is 13.2 Å². The molecule has 2 aromatic carbocycles. The van der Waals surface area contributed by atoms with Gasteiger partial charge >= 0.3 is 5.97 Å². The maximum atomic E-state index is 12.9. The van der Waals surface area contributed by atoms with Gasteiger partial charge < -0.3 is 9.47 Å². The number of anilines is 1. The van der Waals surface area contributed by atoms with Gasteiger partial charge in [-0.05, 0) is 43.7 Å². The van der Waals surface area contributed by atoms with Crippen molar-refractivity contribution in [2.24, 2.45) is 0 Å². The van der Waals surface area contributed by atoms with E-state index in [1.807, 2.05) is 44.2 Å². The maximum Gasteiger partial charge on any atom is 0.341 e. The van der Waals surface area contributed by atoms with Crippen LogP contribution in [0.2, 0.25) is 0 Å². The molecule has 0 radical (unpaired) electrons. The van der Waals surface area contributed by atoms with Gasteiger partial charge in [-0.1, -0.05) is 30.3 Å². The smallest absolute Gasteiger partial charge is 0.341 e. The quantitative estimate of drug-likeness (QED) is 0.548. The van der Waals surface area contributed by atoms with Gasteiger partial charge in [0.05, 0.1) is 18.6 Å². The lowest BCUT2D eigenvalue weighted by Gasteiger charge is -2.10. The first-order valence-electron chi connectivity index (χ1n) is 8.90. The number of sulfonamides is 1. The van der Waals surface area contributed by atoms with Crippen molar-refractivity contribution in [1.29, 1.82) is 0 Å². The van der Waals surface area contributed by atoms with Crippen molar-refractivity contribution in [3.8, 4) is 16.9 Å². The van der Waals surface area contributed by atoms with Crippen molar-refractivity contribution in [2.75, 3.05) is 18.4 Å². The predicted molar refractivity (Wildman–Crippen MR) is 114 cm³/mol. The largest absolute Gasteiger partial charge is 0.494 e. The normalized spacial score (nSPS) is 11.1. The van der Waals surface area contributed by atoms with Crippen LogP contribution in [-0.4, -0.2) is 28.1 Å². The summed E-state index contributed by atoms with van der Waals surface area (Å²) in [4.78, 5) is 13.4. The lowest BCUT2D eigenvalue weighted by Crippen LogP contribution is -2.15. The summed E-state index contributed by atoms with van der Waals surface area (Å²) in [5.41, 5.74) is 1.68. The van der Waals surface area contributed by atoms with Crippen molar-refractivity contribution >= 4 is 32.3 Å². The van der Waals surface area contributed by atoms with E-state index in [0.29, 0.717) is 17.9 Å². The third-order valence-electron chi connectivity index (χ3n) is 4.21. The average molecular weight is 432 g/mol. The van der Waals surface area contributed by atoms with E-state index >= 15 is 0 Å². The van der Waals surface area contributed by atoms with Gasteiger partial charge in [-0.15, -0.1) is 11.3 Å². The highest BCUT2D eigenvalue weighted by atomic mass is 32.2. The van der Waals surface area contributed by atoms with Crippen molar-refractivity contribution in [2.45, 2.75) is 18.7 Å². The zero-order chi connectivity index (χ0) is 21.0. The van der Waals surface area contributed by atoms with E-state index in [0.717, 1.165) is 10.4 Å². The van der Waals surface area contributed by atoms with Crippen LogP contribution in [0.5, 0.6) is 5.75 Å². The molecular weight excluding hydrogens is 410 g/mol. The number of rotatable bonds is 7. The molecule has 29 heavy (non-hydrogen) atoms. The number of nitrogens with one attached hydrogen (secondary N) is 1. The third-order valence-corrected chi connectivity index (χ3v) is 6.72. The summed E-state index contributed by atoms with van der Waals surface area (Å²) in [6, 6.07) is 15.4. The second kappa shape index (κ2) is 8.67. The van der Waals surface area contributed by atoms with E-state index < -0.39 is 16.0 Å². The average Bonchev–Trinajstić information content (AvgIpc) is 3.03. The van der Waals surface area contributed by atoms with E-state index in [1.165, 1.54) is 30.6 Å². The minimum atomic E-state index is -3.90. The Kier molecular flexibility index (Phi) is 6.24. The first-order valence-corrected chi connectivity index (χ1v) is 11.2. The summed E-state index contributed by atoms with van der Waals surface area (Å²) in [7, 11) is -2.63. The van der Waals surface area contributed by atoms with Gasteiger partial charge in [0.25, 0.3) is 10.0 Å². The van der Waals surface area contributed by atoms with Crippen LogP contribution in [0.1, 0.15) is 22.2 Å². The molecule has 152 valence electrons. The summed E-state index contributed by atoms with van der Waals surface area (Å²) in [5.74, 6) is -0.0161. The van der Waals surface area contributed by atoms with E-state index in [2.05, 4.69) is 4.72 Å². The second-order valence-electron chi connectivity index (χ2n) is 6.10. The van der Waals surface area contributed by atoms with Crippen LogP contribution >= 0.6 is 11.3 Å². The molecule has 0 spiro atoms. The molecule has 0 aliphatic rings. The van der Waals surface area contributed by atoms with Crippen LogP contribution in [0.15, 0.2) is 59.5 Å². The Morgan fingerprint density at radius 2 is 1.72 bits per heavy atom. The number of ether oxygens (including phenoxy) is 2. The lowest BCUT2D eigenvalue weighted by atomic mass is 10.0. The zero-order valence-electron chi connectivity index (χ0n) is 16.3. The fourth-order valence-corrected chi connectivity index (χ4v) is 5.30. The summed E-state index contributed by atoms with van der Waals surface area (Å²) in [5, 5.41) is 0.224. The van der Waals surface area contributed by atoms with Gasteiger partial charge in [-0.3, -0.25) is 4.72 Å². The monoisotopic (exact) mass is 431 g/mol. The van der Waals surface area contributed by atoms with Crippen LogP contribution in [0.25, 0.3) is 11.1 Å². The second-order valence-corrected chi connectivity index (χ2v) is 9.01. The number of thiophene rings is 1. The fourth-order valence-electron chi connectivity index (χ4n) is 2.93.